The van der Waals surface area contributed by atoms with Crippen LogP contribution in [0, 0.1) is 5.41 Å². The molecule has 2 fully saturated rings. The first-order chi connectivity index (χ1) is 11.8. The van der Waals surface area contributed by atoms with E-state index in [-0.39, 0.29) is 0 Å². The van der Waals surface area contributed by atoms with Crippen LogP contribution in [0.5, 0.6) is 0 Å². The number of nitrogens with one attached hydrogen (secondary N) is 1. The lowest BCUT2D eigenvalue weighted by Gasteiger charge is -2.35. The maximum absolute atomic E-state index is 6.17. The third kappa shape index (κ3) is 3.40. The van der Waals surface area contributed by atoms with Crippen LogP contribution in [0.3, 0.4) is 0 Å². The summed E-state index contributed by atoms with van der Waals surface area (Å²) in [5.74, 6) is 0. The van der Waals surface area contributed by atoms with E-state index in [0.717, 1.165) is 26.1 Å². The smallest absolute Gasteiger partial charge is 0.0645 e. The number of aryl methyl sites for hydroxylation is 1. The van der Waals surface area contributed by atoms with Gasteiger partial charge in [-0.15, -0.1) is 0 Å². The lowest BCUT2D eigenvalue weighted by molar-refractivity contribution is -0.00181. The number of likely N-dealkylation sites (tertiary alicyclic amines) is 1. The molecule has 4 heteroatoms. The Morgan fingerprint density at radius 1 is 1.25 bits per heavy atom. The van der Waals surface area contributed by atoms with Crippen LogP contribution in [0.15, 0.2) is 42.7 Å². The van der Waals surface area contributed by atoms with Crippen molar-refractivity contribution in [3.63, 3.8) is 0 Å². The summed E-state index contributed by atoms with van der Waals surface area (Å²) < 4.78 is 6.17. The van der Waals surface area contributed by atoms with Gasteiger partial charge in [0.25, 0.3) is 0 Å². The SMILES string of the molecule is c1ccc(CCC2(C3CCCO3)CCN(Cc3cn[nH]c3)C2)cc1. The molecule has 1 aromatic heterocycles. The van der Waals surface area contributed by atoms with E-state index in [1.807, 2.05) is 12.4 Å². The molecule has 24 heavy (non-hydrogen) atoms. The number of H-pyrrole nitrogens is 1. The zero-order valence-electron chi connectivity index (χ0n) is 14.3. The van der Waals surface area contributed by atoms with E-state index in [9.17, 15) is 0 Å². The number of benzene rings is 1. The quantitative estimate of drug-likeness (QED) is 0.885. The van der Waals surface area contributed by atoms with E-state index < -0.39 is 0 Å². The van der Waals surface area contributed by atoms with Crippen LogP contribution < -0.4 is 0 Å². The number of rotatable bonds is 6. The van der Waals surface area contributed by atoms with Crippen molar-refractivity contribution in [2.24, 2.45) is 5.41 Å². The number of hydrogen-bond acceptors (Lipinski definition) is 3. The minimum absolute atomic E-state index is 0.316. The number of nitrogens with zero attached hydrogens (tertiary/aromatic N) is 2. The van der Waals surface area contributed by atoms with Crippen molar-refractivity contribution in [2.75, 3.05) is 19.7 Å². The standard InChI is InChI=1S/C20H27N3O/c1-2-5-17(6-3-1)8-9-20(19-7-4-12-24-19)10-11-23(16-20)15-18-13-21-22-14-18/h1-3,5-6,13-14,19H,4,7-12,15-16H2,(H,21,22). The second kappa shape index (κ2) is 7.08. The maximum Gasteiger partial charge on any atom is 0.0645 e. The first-order valence-corrected chi connectivity index (χ1v) is 9.20. The maximum atomic E-state index is 6.17. The molecule has 0 bridgehead atoms. The van der Waals surface area contributed by atoms with Crippen LogP contribution >= 0.6 is 0 Å². The predicted octanol–water partition coefficient (Wildman–Crippen LogP) is 3.41. The summed E-state index contributed by atoms with van der Waals surface area (Å²) in [6.45, 7) is 4.26. The van der Waals surface area contributed by atoms with Crippen molar-refractivity contribution >= 4 is 0 Å². The van der Waals surface area contributed by atoms with E-state index in [0.29, 0.717) is 11.5 Å². The van der Waals surface area contributed by atoms with Crippen molar-refractivity contribution in [1.82, 2.24) is 15.1 Å². The van der Waals surface area contributed by atoms with Crippen molar-refractivity contribution in [2.45, 2.75) is 44.8 Å². The van der Waals surface area contributed by atoms with E-state index in [2.05, 4.69) is 45.4 Å². The number of aromatic nitrogens is 2. The Bertz CT molecular complexity index is 622. The molecule has 1 N–H and O–H groups in total. The highest BCUT2D eigenvalue weighted by molar-refractivity contribution is 5.15. The van der Waals surface area contributed by atoms with E-state index in [4.69, 9.17) is 4.74 Å². The Morgan fingerprint density at radius 3 is 2.92 bits per heavy atom. The minimum atomic E-state index is 0.316. The topological polar surface area (TPSA) is 41.1 Å². The van der Waals surface area contributed by atoms with E-state index in [1.54, 1.807) is 0 Å². The number of aromatic amines is 1. The van der Waals surface area contributed by atoms with Gasteiger partial charge in [0.05, 0.1) is 12.3 Å². The van der Waals surface area contributed by atoms with Gasteiger partial charge in [-0.05, 0) is 44.2 Å². The highest BCUT2D eigenvalue weighted by atomic mass is 16.5. The summed E-state index contributed by atoms with van der Waals surface area (Å²) in [5.41, 5.74) is 3.04. The molecule has 2 saturated heterocycles. The Balaban J connectivity index is 1.45. The summed E-state index contributed by atoms with van der Waals surface area (Å²) in [5, 5.41) is 7.00. The van der Waals surface area contributed by atoms with Crippen LogP contribution in [0.4, 0.5) is 0 Å². The number of ether oxygens (including phenoxy) is 1. The molecule has 0 spiro atoms. The average Bonchev–Trinajstić information content (AvgIpc) is 3.37. The molecule has 2 aromatic rings. The lowest BCUT2D eigenvalue weighted by atomic mass is 9.75. The van der Waals surface area contributed by atoms with Crippen molar-refractivity contribution in [3.8, 4) is 0 Å². The molecular weight excluding hydrogens is 298 g/mol. The molecule has 4 nitrogen and oxygen atoms in total. The van der Waals surface area contributed by atoms with Crippen molar-refractivity contribution < 1.29 is 4.74 Å². The normalized spacial score (nSPS) is 27.8. The van der Waals surface area contributed by atoms with Gasteiger partial charge in [0, 0.05) is 36.9 Å². The molecule has 0 amide bonds. The predicted molar refractivity (Wildman–Crippen MR) is 94.7 cm³/mol. The third-order valence-corrected chi connectivity index (χ3v) is 5.79. The van der Waals surface area contributed by atoms with E-state index in [1.165, 1.54) is 43.4 Å². The molecule has 0 saturated carbocycles. The monoisotopic (exact) mass is 325 g/mol. The molecular formula is C20H27N3O. The zero-order chi connectivity index (χ0) is 16.2. The fraction of sp³-hybridized carbons (Fsp3) is 0.550. The van der Waals surface area contributed by atoms with Gasteiger partial charge in [0.1, 0.15) is 0 Å². The zero-order valence-corrected chi connectivity index (χ0v) is 14.3. The first-order valence-electron chi connectivity index (χ1n) is 9.20. The van der Waals surface area contributed by atoms with Crippen LogP contribution in [0.25, 0.3) is 0 Å². The lowest BCUT2D eigenvalue weighted by Crippen LogP contribution is -2.38. The second-order valence-electron chi connectivity index (χ2n) is 7.42. The molecule has 1 aromatic carbocycles. The summed E-state index contributed by atoms with van der Waals surface area (Å²) in [7, 11) is 0. The van der Waals surface area contributed by atoms with Gasteiger partial charge >= 0.3 is 0 Å². The van der Waals surface area contributed by atoms with Gasteiger partial charge in [0.15, 0.2) is 0 Å². The highest BCUT2D eigenvalue weighted by Gasteiger charge is 2.45. The molecule has 128 valence electrons. The fourth-order valence-corrected chi connectivity index (χ4v) is 4.47. The summed E-state index contributed by atoms with van der Waals surface area (Å²) in [4.78, 5) is 2.58. The molecule has 2 atom stereocenters. The molecule has 0 aliphatic carbocycles. The molecule has 2 aliphatic heterocycles. The average molecular weight is 325 g/mol. The Morgan fingerprint density at radius 2 is 2.17 bits per heavy atom. The Kier molecular flexibility index (Phi) is 4.67. The Hall–Kier alpha value is -1.65. The fourth-order valence-electron chi connectivity index (χ4n) is 4.47. The van der Waals surface area contributed by atoms with E-state index >= 15 is 0 Å². The first kappa shape index (κ1) is 15.9. The summed E-state index contributed by atoms with van der Waals surface area (Å²) in [6.07, 6.45) is 10.5. The van der Waals surface area contributed by atoms with Crippen LogP contribution in [0.2, 0.25) is 0 Å². The van der Waals surface area contributed by atoms with Crippen LogP contribution in [0.1, 0.15) is 36.8 Å². The molecule has 0 radical (unpaired) electrons. The second-order valence-corrected chi connectivity index (χ2v) is 7.42. The highest BCUT2D eigenvalue weighted by Crippen LogP contribution is 2.43. The Labute approximate surface area is 144 Å². The third-order valence-electron chi connectivity index (χ3n) is 5.79. The minimum Gasteiger partial charge on any atom is -0.378 e. The van der Waals surface area contributed by atoms with Crippen LogP contribution in [-0.4, -0.2) is 40.9 Å². The van der Waals surface area contributed by atoms with Gasteiger partial charge in [-0.25, -0.2) is 0 Å². The van der Waals surface area contributed by atoms with Crippen molar-refractivity contribution in [1.29, 1.82) is 0 Å². The van der Waals surface area contributed by atoms with Crippen LogP contribution in [-0.2, 0) is 17.7 Å². The van der Waals surface area contributed by atoms with Gasteiger partial charge in [0.2, 0.25) is 0 Å². The molecule has 3 heterocycles. The largest absolute Gasteiger partial charge is 0.378 e. The van der Waals surface area contributed by atoms with Gasteiger partial charge in [-0.2, -0.15) is 5.10 Å². The number of hydrogen-bond donors (Lipinski definition) is 1. The molecule has 4 rings (SSSR count). The summed E-state index contributed by atoms with van der Waals surface area (Å²) >= 11 is 0. The molecule has 2 unspecified atom stereocenters. The van der Waals surface area contributed by atoms with Gasteiger partial charge in [-0.3, -0.25) is 10.00 Å². The molecule has 2 aliphatic rings. The summed E-state index contributed by atoms with van der Waals surface area (Å²) in [6, 6.07) is 10.9. The van der Waals surface area contributed by atoms with Crippen molar-refractivity contribution in [3.05, 3.63) is 53.9 Å². The van der Waals surface area contributed by atoms with Gasteiger partial charge < -0.3 is 4.74 Å². The van der Waals surface area contributed by atoms with Gasteiger partial charge in [-0.1, -0.05) is 30.3 Å².